The second-order valence-corrected chi connectivity index (χ2v) is 6.08. The van der Waals surface area contributed by atoms with E-state index in [9.17, 15) is 14.3 Å². The molecule has 24 heavy (non-hydrogen) atoms. The fraction of sp³-hybridized carbons (Fsp3) is 0.176. The molecule has 0 saturated carbocycles. The summed E-state index contributed by atoms with van der Waals surface area (Å²) < 4.78 is 15.5. The van der Waals surface area contributed by atoms with Crippen LogP contribution in [0, 0.1) is 5.82 Å². The van der Waals surface area contributed by atoms with Crippen LogP contribution in [-0.2, 0) is 6.54 Å². The third-order valence-corrected chi connectivity index (χ3v) is 4.02. The van der Waals surface area contributed by atoms with E-state index in [4.69, 9.17) is 11.6 Å². The van der Waals surface area contributed by atoms with Crippen LogP contribution in [0.25, 0.3) is 10.9 Å². The first-order valence-electron chi connectivity index (χ1n) is 7.22. The maximum absolute atomic E-state index is 14.0. The minimum absolute atomic E-state index is 0.0527. The van der Waals surface area contributed by atoms with Gasteiger partial charge >= 0.3 is 5.97 Å². The largest absolute Gasteiger partial charge is 0.476 e. The van der Waals surface area contributed by atoms with Crippen molar-refractivity contribution in [2.45, 2.75) is 6.54 Å². The lowest BCUT2D eigenvalue weighted by Crippen LogP contribution is -2.08. The van der Waals surface area contributed by atoms with Gasteiger partial charge in [-0.2, -0.15) is 5.10 Å². The molecule has 0 aliphatic heterocycles. The molecule has 7 heteroatoms. The van der Waals surface area contributed by atoms with Gasteiger partial charge in [-0.05, 0) is 30.3 Å². The molecule has 5 nitrogen and oxygen atoms in total. The number of halogens is 2. The minimum atomic E-state index is -1.12. The Bertz CT molecular complexity index is 937. The molecular weight excluding hydrogens is 333 g/mol. The predicted molar refractivity (Wildman–Crippen MR) is 91.5 cm³/mol. The number of aromatic carboxylic acids is 1. The number of aromatic nitrogens is 2. The first kappa shape index (κ1) is 16.3. The van der Waals surface area contributed by atoms with Crippen LogP contribution in [0.15, 0.2) is 36.4 Å². The number of nitrogens with zero attached hydrogens (tertiary/aromatic N) is 3. The van der Waals surface area contributed by atoms with Gasteiger partial charge in [-0.15, -0.1) is 0 Å². The molecule has 0 atom stereocenters. The number of hydrogen-bond acceptors (Lipinski definition) is 3. The molecule has 1 N–H and O–H groups in total. The van der Waals surface area contributed by atoms with Crippen LogP contribution < -0.4 is 4.90 Å². The summed E-state index contributed by atoms with van der Waals surface area (Å²) in [5.41, 5.74) is 1.83. The Morgan fingerprint density at radius 3 is 2.67 bits per heavy atom. The van der Waals surface area contributed by atoms with Crippen molar-refractivity contribution < 1.29 is 14.3 Å². The van der Waals surface area contributed by atoms with Crippen molar-refractivity contribution in [1.82, 2.24) is 9.78 Å². The standard InChI is InChI=1S/C17H15ClFN3O2/c1-21(2)12-5-6-15-13(8-12)16(17(23)24)20-22(15)9-10-3-4-11(18)7-14(10)19/h3-8H,9H2,1-2H3,(H,23,24). The van der Waals surface area contributed by atoms with E-state index >= 15 is 0 Å². The summed E-state index contributed by atoms with van der Waals surface area (Å²) in [6.07, 6.45) is 0. The van der Waals surface area contributed by atoms with Gasteiger partial charge in [0.1, 0.15) is 5.82 Å². The van der Waals surface area contributed by atoms with E-state index in [-0.39, 0.29) is 12.2 Å². The molecule has 0 fully saturated rings. The van der Waals surface area contributed by atoms with Gasteiger partial charge in [0.25, 0.3) is 0 Å². The first-order chi connectivity index (χ1) is 11.4. The fourth-order valence-electron chi connectivity index (χ4n) is 2.54. The summed E-state index contributed by atoms with van der Waals surface area (Å²) >= 11 is 5.76. The summed E-state index contributed by atoms with van der Waals surface area (Å²) in [6, 6.07) is 9.81. The number of carbonyl (C=O) groups is 1. The van der Waals surface area contributed by atoms with Gasteiger partial charge in [0, 0.05) is 35.8 Å². The zero-order chi connectivity index (χ0) is 17.4. The fourth-order valence-corrected chi connectivity index (χ4v) is 2.69. The Balaban J connectivity index is 2.12. The molecule has 1 heterocycles. The van der Waals surface area contributed by atoms with Crippen LogP contribution >= 0.6 is 11.6 Å². The average molecular weight is 348 g/mol. The highest BCUT2D eigenvalue weighted by Crippen LogP contribution is 2.25. The zero-order valence-electron chi connectivity index (χ0n) is 13.1. The SMILES string of the molecule is CN(C)c1ccc2c(c1)c(C(=O)O)nn2Cc1ccc(Cl)cc1F. The van der Waals surface area contributed by atoms with Crippen molar-refractivity contribution in [2.24, 2.45) is 0 Å². The smallest absolute Gasteiger partial charge is 0.357 e. The number of hydrogen-bond donors (Lipinski definition) is 1. The van der Waals surface area contributed by atoms with Crippen molar-refractivity contribution in [1.29, 1.82) is 0 Å². The Morgan fingerprint density at radius 2 is 2.04 bits per heavy atom. The van der Waals surface area contributed by atoms with E-state index < -0.39 is 11.8 Å². The molecule has 0 amide bonds. The van der Waals surface area contributed by atoms with Gasteiger partial charge in [0.15, 0.2) is 5.69 Å². The van der Waals surface area contributed by atoms with Crippen molar-refractivity contribution >= 4 is 34.2 Å². The monoisotopic (exact) mass is 347 g/mol. The van der Waals surface area contributed by atoms with Crippen molar-refractivity contribution in [2.75, 3.05) is 19.0 Å². The summed E-state index contributed by atoms with van der Waals surface area (Å²) in [6.45, 7) is 0.119. The molecule has 3 rings (SSSR count). The Labute approximate surface area is 142 Å². The Kier molecular flexibility index (Phi) is 4.15. The molecule has 0 bridgehead atoms. The molecule has 1 aromatic heterocycles. The highest BCUT2D eigenvalue weighted by molar-refractivity contribution is 6.30. The lowest BCUT2D eigenvalue weighted by Gasteiger charge is -2.12. The second kappa shape index (κ2) is 6.13. The molecule has 0 unspecified atom stereocenters. The summed E-state index contributed by atoms with van der Waals surface area (Å²) in [5, 5.41) is 14.4. The topological polar surface area (TPSA) is 58.4 Å². The molecule has 3 aromatic rings. The lowest BCUT2D eigenvalue weighted by molar-refractivity contribution is 0.0691. The van der Waals surface area contributed by atoms with Crippen LogP contribution in [0.5, 0.6) is 0 Å². The van der Waals surface area contributed by atoms with Crippen LogP contribution in [0.3, 0.4) is 0 Å². The van der Waals surface area contributed by atoms with Crippen LogP contribution in [0.1, 0.15) is 16.1 Å². The number of carboxylic acids is 1. The van der Waals surface area contributed by atoms with Gasteiger partial charge in [-0.25, -0.2) is 9.18 Å². The highest BCUT2D eigenvalue weighted by Gasteiger charge is 2.18. The van der Waals surface area contributed by atoms with Crippen LogP contribution in [-0.4, -0.2) is 35.0 Å². The lowest BCUT2D eigenvalue weighted by atomic mass is 10.1. The molecule has 0 aliphatic rings. The van der Waals surface area contributed by atoms with Gasteiger partial charge < -0.3 is 10.0 Å². The molecule has 2 aromatic carbocycles. The molecule has 0 saturated heterocycles. The zero-order valence-corrected chi connectivity index (χ0v) is 13.9. The molecule has 0 aliphatic carbocycles. The number of fused-ring (bicyclic) bond motifs is 1. The van der Waals surface area contributed by atoms with Gasteiger partial charge in [-0.1, -0.05) is 17.7 Å². The van der Waals surface area contributed by atoms with E-state index in [0.29, 0.717) is 21.5 Å². The maximum atomic E-state index is 14.0. The summed E-state index contributed by atoms with van der Waals surface area (Å²) in [4.78, 5) is 13.4. The Morgan fingerprint density at radius 1 is 1.29 bits per heavy atom. The van der Waals surface area contributed by atoms with Crippen molar-refractivity contribution in [3.05, 3.63) is 58.5 Å². The molecule has 0 radical (unpaired) electrons. The van der Waals surface area contributed by atoms with Gasteiger partial charge in [0.05, 0.1) is 12.1 Å². The minimum Gasteiger partial charge on any atom is -0.476 e. The van der Waals surface area contributed by atoms with Gasteiger partial charge in [0.2, 0.25) is 0 Å². The van der Waals surface area contributed by atoms with E-state index in [1.807, 2.05) is 25.1 Å². The Hall–Kier alpha value is -2.60. The third kappa shape index (κ3) is 2.92. The first-order valence-corrected chi connectivity index (χ1v) is 7.59. The number of rotatable bonds is 4. The number of benzene rings is 2. The molecular formula is C17H15ClFN3O2. The van der Waals surface area contributed by atoms with Crippen molar-refractivity contribution in [3.8, 4) is 0 Å². The quantitative estimate of drug-likeness (QED) is 0.782. The van der Waals surface area contributed by atoms with E-state index in [2.05, 4.69) is 5.10 Å². The van der Waals surface area contributed by atoms with Crippen LogP contribution in [0.2, 0.25) is 5.02 Å². The summed E-state index contributed by atoms with van der Waals surface area (Å²) in [5.74, 6) is -1.57. The predicted octanol–water partition coefficient (Wildman–Crippen LogP) is 3.64. The van der Waals surface area contributed by atoms with E-state index in [1.54, 1.807) is 24.3 Å². The second-order valence-electron chi connectivity index (χ2n) is 5.64. The third-order valence-electron chi connectivity index (χ3n) is 3.79. The number of anilines is 1. The number of carboxylic acid groups (broad SMARTS) is 1. The normalized spacial score (nSPS) is 11.0. The molecule has 0 spiro atoms. The van der Waals surface area contributed by atoms with E-state index in [1.165, 1.54) is 10.7 Å². The van der Waals surface area contributed by atoms with Gasteiger partial charge in [-0.3, -0.25) is 4.68 Å². The van der Waals surface area contributed by atoms with E-state index in [0.717, 1.165) is 5.69 Å². The maximum Gasteiger partial charge on any atom is 0.357 e. The molecule has 124 valence electrons. The average Bonchev–Trinajstić information content (AvgIpc) is 2.88. The summed E-state index contributed by atoms with van der Waals surface area (Å²) in [7, 11) is 3.74. The van der Waals surface area contributed by atoms with Crippen LogP contribution in [0.4, 0.5) is 10.1 Å². The highest BCUT2D eigenvalue weighted by atomic mass is 35.5. The van der Waals surface area contributed by atoms with Crippen molar-refractivity contribution in [3.63, 3.8) is 0 Å².